The van der Waals surface area contributed by atoms with E-state index in [1.807, 2.05) is 0 Å². The first-order valence-corrected chi connectivity index (χ1v) is 6.31. The summed E-state index contributed by atoms with van der Waals surface area (Å²) in [5.41, 5.74) is 0. The van der Waals surface area contributed by atoms with E-state index in [2.05, 4.69) is 39.8 Å². The zero-order valence-electron chi connectivity index (χ0n) is 10.6. The maximum Gasteiger partial charge on any atom is -0.0325 e. The average Bonchev–Trinajstić information content (AvgIpc) is 2.14. The number of unbranched alkanes of at least 4 members (excludes halogenated alkanes) is 2. The van der Waals surface area contributed by atoms with Gasteiger partial charge >= 0.3 is 0 Å². The molecule has 0 aliphatic rings. The monoisotopic (exact) mass is 196 g/mol. The van der Waals surface area contributed by atoms with Gasteiger partial charge in [0, 0.05) is 0 Å². The largest absolute Gasteiger partial charge is 0.0885 e. The molecule has 0 radical (unpaired) electrons. The van der Waals surface area contributed by atoms with Gasteiger partial charge in [0.15, 0.2) is 0 Å². The second-order valence-electron chi connectivity index (χ2n) is 4.93. The van der Waals surface area contributed by atoms with Crippen molar-refractivity contribution in [1.82, 2.24) is 0 Å². The lowest BCUT2D eigenvalue weighted by atomic mass is 9.96. The van der Waals surface area contributed by atoms with Crippen molar-refractivity contribution in [2.45, 2.75) is 66.2 Å². The van der Waals surface area contributed by atoms with Crippen LogP contribution in [0.3, 0.4) is 0 Å². The highest BCUT2D eigenvalue weighted by molar-refractivity contribution is 4.83. The Hall–Kier alpha value is -0.260. The van der Waals surface area contributed by atoms with Crippen molar-refractivity contribution in [2.75, 3.05) is 0 Å². The molecule has 0 rings (SSSR count). The number of allylic oxidation sites excluding steroid dienone is 2. The van der Waals surface area contributed by atoms with Crippen molar-refractivity contribution in [2.24, 2.45) is 11.8 Å². The van der Waals surface area contributed by atoms with Gasteiger partial charge in [0.1, 0.15) is 0 Å². The molecule has 0 aliphatic carbocycles. The Morgan fingerprint density at radius 3 is 2.29 bits per heavy atom. The quantitative estimate of drug-likeness (QED) is 0.370. The molecule has 0 heteroatoms. The van der Waals surface area contributed by atoms with Crippen LogP contribution in [0, 0.1) is 11.8 Å². The van der Waals surface area contributed by atoms with Gasteiger partial charge in [-0.3, -0.25) is 0 Å². The number of hydrogen-bond acceptors (Lipinski definition) is 0. The van der Waals surface area contributed by atoms with Crippen LogP contribution in [0.5, 0.6) is 0 Å². The Kier molecular flexibility index (Phi) is 9.13. The Morgan fingerprint density at radius 1 is 1.00 bits per heavy atom. The molecule has 1 unspecified atom stereocenters. The van der Waals surface area contributed by atoms with E-state index in [-0.39, 0.29) is 0 Å². The summed E-state index contributed by atoms with van der Waals surface area (Å²) in [5, 5.41) is 0. The highest BCUT2D eigenvalue weighted by Gasteiger charge is 2.01. The van der Waals surface area contributed by atoms with Crippen molar-refractivity contribution < 1.29 is 0 Å². The van der Waals surface area contributed by atoms with Crippen molar-refractivity contribution >= 4 is 0 Å². The Morgan fingerprint density at radius 2 is 1.71 bits per heavy atom. The highest BCUT2D eigenvalue weighted by Crippen LogP contribution is 2.15. The summed E-state index contributed by atoms with van der Waals surface area (Å²) in [6.45, 7) is 9.24. The van der Waals surface area contributed by atoms with E-state index in [0.29, 0.717) is 0 Å². The third-order valence-corrected chi connectivity index (χ3v) is 2.67. The summed E-state index contributed by atoms with van der Waals surface area (Å²) in [6.07, 6.45) is 12.7. The van der Waals surface area contributed by atoms with Crippen LogP contribution in [0.1, 0.15) is 66.2 Å². The molecule has 0 N–H and O–H groups in total. The fourth-order valence-electron chi connectivity index (χ4n) is 1.50. The maximum absolute atomic E-state index is 2.38. The van der Waals surface area contributed by atoms with Crippen molar-refractivity contribution in [3.05, 3.63) is 12.2 Å². The van der Waals surface area contributed by atoms with Gasteiger partial charge < -0.3 is 0 Å². The average molecular weight is 196 g/mol. The van der Waals surface area contributed by atoms with Gasteiger partial charge in [-0.05, 0) is 24.7 Å². The fraction of sp³-hybridized carbons (Fsp3) is 0.857. The molecule has 0 aromatic carbocycles. The highest BCUT2D eigenvalue weighted by atomic mass is 14.1. The van der Waals surface area contributed by atoms with E-state index in [1.165, 1.54) is 38.5 Å². The van der Waals surface area contributed by atoms with Crippen LogP contribution >= 0.6 is 0 Å². The molecule has 0 aromatic heterocycles. The lowest BCUT2D eigenvalue weighted by molar-refractivity contribution is 0.453. The Balaban J connectivity index is 3.33. The molecule has 1 atom stereocenters. The summed E-state index contributed by atoms with van der Waals surface area (Å²) in [5.74, 6) is 1.73. The summed E-state index contributed by atoms with van der Waals surface area (Å²) in [7, 11) is 0. The Labute approximate surface area is 90.8 Å². The van der Waals surface area contributed by atoms with Crippen molar-refractivity contribution in [1.29, 1.82) is 0 Å². The molecule has 0 spiro atoms. The first-order chi connectivity index (χ1) is 6.66. The minimum atomic E-state index is 0.863. The molecule has 0 nitrogen and oxygen atoms in total. The van der Waals surface area contributed by atoms with E-state index in [9.17, 15) is 0 Å². The molecule has 0 saturated heterocycles. The van der Waals surface area contributed by atoms with E-state index in [1.54, 1.807) is 0 Å². The van der Waals surface area contributed by atoms with Gasteiger partial charge in [0.2, 0.25) is 0 Å². The first kappa shape index (κ1) is 13.7. The van der Waals surface area contributed by atoms with E-state index in [4.69, 9.17) is 0 Å². The topological polar surface area (TPSA) is 0 Å². The first-order valence-electron chi connectivity index (χ1n) is 6.31. The summed E-state index contributed by atoms with van der Waals surface area (Å²) >= 11 is 0. The van der Waals surface area contributed by atoms with Crippen LogP contribution in [0.4, 0.5) is 0 Å². The van der Waals surface area contributed by atoms with Gasteiger partial charge in [-0.1, -0.05) is 65.5 Å². The van der Waals surface area contributed by atoms with Crippen LogP contribution < -0.4 is 0 Å². The minimum Gasteiger partial charge on any atom is -0.0885 e. The molecule has 0 aliphatic heterocycles. The van der Waals surface area contributed by atoms with Gasteiger partial charge in [0.05, 0.1) is 0 Å². The molecule has 0 fully saturated rings. The number of hydrogen-bond donors (Lipinski definition) is 0. The molecular weight excluding hydrogens is 168 g/mol. The van der Waals surface area contributed by atoms with E-state index >= 15 is 0 Å². The second-order valence-corrected chi connectivity index (χ2v) is 4.93. The van der Waals surface area contributed by atoms with Crippen molar-refractivity contribution in [3.63, 3.8) is 0 Å². The Bertz CT molecular complexity index is 133. The third-order valence-electron chi connectivity index (χ3n) is 2.67. The summed E-state index contributed by atoms with van der Waals surface area (Å²) < 4.78 is 0. The van der Waals surface area contributed by atoms with Gasteiger partial charge in [-0.2, -0.15) is 0 Å². The molecule has 0 amide bonds. The SMILES string of the molecule is CCCCC=CCC(C)CCC(C)C. The second kappa shape index (κ2) is 9.30. The number of rotatable bonds is 8. The van der Waals surface area contributed by atoms with Crippen LogP contribution in [-0.4, -0.2) is 0 Å². The fourth-order valence-corrected chi connectivity index (χ4v) is 1.50. The normalized spacial score (nSPS) is 14.1. The molecular formula is C14H28. The standard InChI is InChI=1S/C14H28/c1-5-6-7-8-9-10-14(4)12-11-13(2)3/h8-9,13-14H,5-7,10-12H2,1-4H3. The van der Waals surface area contributed by atoms with Gasteiger partial charge in [-0.15, -0.1) is 0 Å². The third kappa shape index (κ3) is 9.83. The molecule has 0 aromatic rings. The molecule has 14 heavy (non-hydrogen) atoms. The predicted octanol–water partition coefficient (Wildman–Crippen LogP) is 5.20. The molecule has 0 heterocycles. The van der Waals surface area contributed by atoms with Crippen LogP contribution in [0.2, 0.25) is 0 Å². The molecule has 0 bridgehead atoms. The van der Waals surface area contributed by atoms with Gasteiger partial charge in [-0.25, -0.2) is 0 Å². The van der Waals surface area contributed by atoms with E-state index < -0.39 is 0 Å². The van der Waals surface area contributed by atoms with Crippen LogP contribution in [0.25, 0.3) is 0 Å². The smallest absolute Gasteiger partial charge is 0.0325 e. The van der Waals surface area contributed by atoms with Gasteiger partial charge in [0.25, 0.3) is 0 Å². The zero-order chi connectivity index (χ0) is 10.8. The minimum absolute atomic E-state index is 0.863. The maximum atomic E-state index is 2.38. The van der Waals surface area contributed by atoms with Crippen molar-refractivity contribution in [3.8, 4) is 0 Å². The molecule has 0 saturated carbocycles. The van der Waals surface area contributed by atoms with E-state index in [0.717, 1.165) is 11.8 Å². The zero-order valence-corrected chi connectivity index (χ0v) is 10.6. The predicted molar refractivity (Wildman–Crippen MR) is 66.5 cm³/mol. The van der Waals surface area contributed by atoms with Crippen LogP contribution in [-0.2, 0) is 0 Å². The lowest BCUT2D eigenvalue weighted by Crippen LogP contribution is -1.96. The van der Waals surface area contributed by atoms with Crippen LogP contribution in [0.15, 0.2) is 12.2 Å². The molecule has 84 valence electrons. The lowest BCUT2D eigenvalue weighted by Gasteiger charge is -2.10. The summed E-state index contributed by atoms with van der Waals surface area (Å²) in [6, 6.07) is 0. The summed E-state index contributed by atoms with van der Waals surface area (Å²) in [4.78, 5) is 0.